The van der Waals surface area contributed by atoms with Crippen molar-refractivity contribution in [1.29, 1.82) is 0 Å². The van der Waals surface area contributed by atoms with Gasteiger partial charge in [-0.25, -0.2) is 14.6 Å². The van der Waals surface area contributed by atoms with Crippen LogP contribution in [-0.2, 0) is 31.7 Å². The van der Waals surface area contributed by atoms with Gasteiger partial charge in [0.15, 0.2) is 5.69 Å². The van der Waals surface area contributed by atoms with Gasteiger partial charge in [-0.2, -0.15) is 0 Å². The van der Waals surface area contributed by atoms with Crippen molar-refractivity contribution in [2.24, 2.45) is 0 Å². The number of carbonyl (C=O) groups excluding carboxylic acids is 2. The smallest absolute Gasteiger partial charge is 0.494 e. The second-order valence-corrected chi connectivity index (χ2v) is 22.9. The molecule has 6 rings (SSSR count). The van der Waals surface area contributed by atoms with Crippen LogP contribution in [0.4, 0.5) is 5.82 Å². The topological polar surface area (TPSA) is 96.4 Å². The van der Waals surface area contributed by atoms with Crippen molar-refractivity contribution in [2.45, 2.75) is 110 Å². The molecule has 0 bridgehead atoms. The minimum absolute atomic E-state index is 0.00311. The molecule has 0 radical (unpaired) electrons. The first-order chi connectivity index (χ1) is 26.3. The zero-order valence-corrected chi connectivity index (χ0v) is 35.9. The normalized spacial score (nSPS) is 16.6. The van der Waals surface area contributed by atoms with Crippen molar-refractivity contribution in [3.05, 3.63) is 107 Å². The molecule has 11 heteroatoms. The Labute approximate surface area is 334 Å². The van der Waals surface area contributed by atoms with Crippen LogP contribution in [0.25, 0.3) is 0 Å². The van der Waals surface area contributed by atoms with Crippen molar-refractivity contribution in [3.63, 3.8) is 0 Å². The SMILES string of the molecule is COC(=O)c1ccc(OCC[Si](c2ccccc2)(c2ccccc2)C(C)(C)C)c2c1CN(c1ccc(B3OC(C)(C)C(C)(C)O3)c(C(=O)OC(C)(C)C)n1)CC2. The lowest BCUT2D eigenvalue weighted by atomic mass is 9.77. The lowest BCUT2D eigenvalue weighted by molar-refractivity contribution is 0.00578. The number of fused-ring (bicyclic) bond motifs is 1. The summed E-state index contributed by atoms with van der Waals surface area (Å²) < 4.78 is 30.6. The van der Waals surface area contributed by atoms with Gasteiger partial charge in [0.05, 0.1) is 30.5 Å². The number of benzene rings is 3. The Bertz CT molecular complexity index is 2000. The van der Waals surface area contributed by atoms with Crippen LogP contribution in [0.15, 0.2) is 84.9 Å². The summed E-state index contributed by atoms with van der Waals surface area (Å²) in [5.74, 6) is 0.364. The van der Waals surface area contributed by atoms with Crippen LogP contribution in [0.2, 0.25) is 11.1 Å². The average molecular weight is 777 g/mol. The third-order valence-electron chi connectivity index (χ3n) is 11.7. The molecule has 0 spiro atoms. The standard InChI is InChI=1S/C45H57BN2O7Si/c1-42(2,3)53-41(50)39-36(46-54-44(7,8)45(9,10)55-46)23-25-38(47-39)48-27-26-33-35(30-48)34(40(49)51-11)22-24-37(33)52-28-29-56(43(4,5)6,31-18-14-12-15-19-31)32-20-16-13-17-21-32/h12-25H,26-30H2,1-11H3. The third kappa shape index (κ3) is 8.04. The van der Waals surface area contributed by atoms with E-state index in [1.165, 1.54) is 17.5 Å². The van der Waals surface area contributed by atoms with E-state index in [1.807, 2.05) is 66.7 Å². The maximum absolute atomic E-state index is 13.7. The molecular formula is C45H57BN2O7Si. The minimum atomic E-state index is -2.36. The molecule has 56 heavy (non-hydrogen) atoms. The maximum atomic E-state index is 13.7. The highest BCUT2D eigenvalue weighted by Gasteiger charge is 2.53. The summed E-state index contributed by atoms with van der Waals surface area (Å²) >= 11 is 0. The van der Waals surface area contributed by atoms with E-state index in [1.54, 1.807) is 6.07 Å². The number of anilines is 1. The van der Waals surface area contributed by atoms with Crippen LogP contribution < -0.4 is 25.5 Å². The first-order valence-corrected chi connectivity index (χ1v) is 21.8. The first kappa shape index (κ1) is 41.2. The van der Waals surface area contributed by atoms with Crippen molar-refractivity contribution in [2.75, 3.05) is 25.2 Å². The molecule has 1 aromatic heterocycles. The maximum Gasteiger partial charge on any atom is 0.497 e. The average Bonchev–Trinajstić information content (AvgIpc) is 3.37. The number of rotatable bonds is 10. The second kappa shape index (κ2) is 15.5. The fourth-order valence-corrected chi connectivity index (χ4v) is 13.3. The molecule has 0 unspecified atom stereocenters. The predicted molar refractivity (Wildman–Crippen MR) is 226 cm³/mol. The van der Waals surface area contributed by atoms with E-state index in [0.29, 0.717) is 43.0 Å². The van der Waals surface area contributed by atoms with Gasteiger partial charge in [0.1, 0.15) is 25.2 Å². The van der Waals surface area contributed by atoms with E-state index in [0.717, 1.165) is 22.9 Å². The summed E-state index contributed by atoms with van der Waals surface area (Å²) in [7, 11) is -1.77. The number of ether oxygens (including phenoxy) is 3. The third-order valence-corrected chi connectivity index (χ3v) is 17.8. The summed E-state index contributed by atoms with van der Waals surface area (Å²) in [6.45, 7) is 21.9. The Morgan fingerprint density at radius 3 is 1.93 bits per heavy atom. The largest absolute Gasteiger partial charge is 0.497 e. The number of methoxy groups -OCH3 is 1. The molecule has 0 atom stereocenters. The van der Waals surface area contributed by atoms with Crippen LogP contribution in [0, 0.1) is 0 Å². The van der Waals surface area contributed by atoms with Gasteiger partial charge < -0.3 is 28.4 Å². The molecule has 3 aromatic carbocycles. The molecule has 9 nitrogen and oxygen atoms in total. The molecule has 1 fully saturated rings. The lowest BCUT2D eigenvalue weighted by Gasteiger charge is -2.44. The first-order valence-electron chi connectivity index (χ1n) is 19.6. The number of hydrogen-bond acceptors (Lipinski definition) is 9. The number of esters is 2. The molecule has 0 N–H and O–H groups in total. The molecule has 3 heterocycles. The molecular weight excluding hydrogens is 719 g/mol. The summed E-state index contributed by atoms with van der Waals surface area (Å²) in [5, 5.41) is 2.75. The molecule has 0 amide bonds. The minimum Gasteiger partial charge on any atom is -0.494 e. The van der Waals surface area contributed by atoms with Crippen molar-refractivity contribution >= 4 is 48.8 Å². The zero-order chi connectivity index (χ0) is 40.7. The van der Waals surface area contributed by atoms with Gasteiger partial charge in [-0.3, -0.25) is 0 Å². The molecule has 2 aliphatic heterocycles. The van der Waals surface area contributed by atoms with Crippen LogP contribution >= 0.6 is 0 Å². The highest BCUT2D eigenvalue weighted by Crippen LogP contribution is 2.40. The van der Waals surface area contributed by atoms with E-state index >= 15 is 0 Å². The Hall–Kier alpha value is -4.45. The van der Waals surface area contributed by atoms with Gasteiger partial charge in [-0.1, -0.05) is 97.9 Å². The molecule has 0 aliphatic carbocycles. The van der Waals surface area contributed by atoms with Gasteiger partial charge in [0.25, 0.3) is 0 Å². The van der Waals surface area contributed by atoms with Crippen LogP contribution in [0.1, 0.15) is 101 Å². The van der Waals surface area contributed by atoms with Gasteiger partial charge >= 0.3 is 19.1 Å². The Kier molecular flexibility index (Phi) is 11.4. The summed E-state index contributed by atoms with van der Waals surface area (Å²) in [4.78, 5) is 33.9. The Balaban J connectivity index is 1.33. The van der Waals surface area contributed by atoms with E-state index in [2.05, 4.69) is 86.3 Å². The summed E-state index contributed by atoms with van der Waals surface area (Å²) in [5.41, 5.74) is 0.960. The molecule has 0 saturated carbocycles. The Morgan fingerprint density at radius 1 is 0.804 bits per heavy atom. The van der Waals surface area contributed by atoms with Crippen LogP contribution in [-0.4, -0.2) is 69.2 Å². The van der Waals surface area contributed by atoms with Crippen molar-refractivity contribution < 1.29 is 33.1 Å². The number of pyridine rings is 1. The van der Waals surface area contributed by atoms with Gasteiger partial charge in [-0.15, -0.1) is 0 Å². The molecule has 296 valence electrons. The summed E-state index contributed by atoms with van der Waals surface area (Å²) in [6, 6.07) is 30.1. The van der Waals surface area contributed by atoms with Crippen molar-refractivity contribution in [3.8, 4) is 5.75 Å². The van der Waals surface area contributed by atoms with Gasteiger partial charge in [0, 0.05) is 24.1 Å². The molecule has 1 saturated heterocycles. The fraction of sp³-hybridized carbons (Fsp3) is 0.444. The quantitative estimate of drug-likeness (QED) is 0.123. The predicted octanol–water partition coefficient (Wildman–Crippen LogP) is 7.13. The number of carbonyl (C=O) groups is 2. The van der Waals surface area contributed by atoms with E-state index in [9.17, 15) is 9.59 Å². The highest BCUT2D eigenvalue weighted by molar-refractivity contribution is 7.04. The monoisotopic (exact) mass is 776 g/mol. The summed E-state index contributed by atoms with van der Waals surface area (Å²) in [6.07, 6.45) is 0.594. The number of nitrogens with zero attached hydrogens (tertiary/aromatic N) is 2. The second-order valence-electron chi connectivity index (χ2n) is 17.9. The number of hydrogen-bond donors (Lipinski definition) is 0. The van der Waals surface area contributed by atoms with Crippen LogP contribution in [0.5, 0.6) is 5.75 Å². The highest BCUT2D eigenvalue weighted by atomic mass is 28.3. The molecule has 2 aliphatic rings. The molecule has 4 aromatic rings. The van der Waals surface area contributed by atoms with E-state index in [-0.39, 0.29) is 10.7 Å². The Morgan fingerprint density at radius 2 is 1.39 bits per heavy atom. The lowest BCUT2D eigenvalue weighted by Crippen LogP contribution is -2.64. The fourth-order valence-electron chi connectivity index (χ4n) is 8.02. The van der Waals surface area contributed by atoms with E-state index < -0.39 is 43.9 Å². The van der Waals surface area contributed by atoms with Gasteiger partial charge in [0.2, 0.25) is 0 Å². The van der Waals surface area contributed by atoms with Crippen molar-refractivity contribution in [1.82, 2.24) is 4.98 Å². The van der Waals surface area contributed by atoms with Crippen LogP contribution in [0.3, 0.4) is 0 Å². The zero-order valence-electron chi connectivity index (χ0n) is 34.9. The van der Waals surface area contributed by atoms with E-state index in [4.69, 9.17) is 28.5 Å². The number of aromatic nitrogens is 1. The van der Waals surface area contributed by atoms with Gasteiger partial charge in [-0.05, 0) is 89.7 Å².